The Labute approximate surface area is 45.1 Å². The highest BCUT2D eigenvalue weighted by molar-refractivity contribution is 5.79. The molecule has 0 atom stereocenters. The van der Waals surface area contributed by atoms with Gasteiger partial charge in [0.25, 0.3) is 0 Å². The summed E-state index contributed by atoms with van der Waals surface area (Å²) in [7, 11) is 0. The van der Waals surface area contributed by atoms with Gasteiger partial charge < -0.3 is 5.32 Å². The van der Waals surface area contributed by atoms with Crippen LogP contribution in [-0.2, 0) is 0 Å². The van der Waals surface area contributed by atoms with Crippen LogP contribution >= 0.6 is 0 Å². The monoisotopic (exact) mass is 100 g/mol. The van der Waals surface area contributed by atoms with E-state index in [-0.39, 0.29) is 1.43 Å². The smallest absolute Gasteiger partial charge is 0.0931 e. The summed E-state index contributed by atoms with van der Waals surface area (Å²) in [4.78, 5) is 4.14. The van der Waals surface area contributed by atoms with Gasteiger partial charge in [-0.3, -0.25) is 4.99 Å². The molecular weight excluding hydrogens is 88.1 g/mol. The lowest BCUT2D eigenvalue weighted by Crippen LogP contribution is -2.26. The van der Waals surface area contributed by atoms with Crippen LogP contribution in [-0.4, -0.2) is 18.9 Å². The lowest BCUT2D eigenvalue weighted by atomic mass is 10.4. The van der Waals surface area contributed by atoms with Crippen molar-refractivity contribution in [3.05, 3.63) is 0 Å². The van der Waals surface area contributed by atoms with E-state index in [0.29, 0.717) is 0 Å². The van der Waals surface area contributed by atoms with Crippen molar-refractivity contribution in [3.8, 4) is 0 Å². The first-order valence-electron chi connectivity index (χ1n) is 2.64. The van der Waals surface area contributed by atoms with Gasteiger partial charge in [0.2, 0.25) is 0 Å². The topological polar surface area (TPSA) is 24.4 Å². The fourth-order valence-corrected chi connectivity index (χ4v) is 0.651. The standard InChI is InChI=1S/C5H10N2.H2/c1-5-6-3-2-4-7-5;/h2-4H2,1H3,(H,6,7);1H. The van der Waals surface area contributed by atoms with Crippen molar-refractivity contribution < 1.29 is 1.43 Å². The number of nitrogens with one attached hydrogen (secondary N) is 1. The van der Waals surface area contributed by atoms with Gasteiger partial charge in [0, 0.05) is 14.5 Å². The van der Waals surface area contributed by atoms with Gasteiger partial charge in [0.05, 0.1) is 5.84 Å². The number of hydrogen-bond acceptors (Lipinski definition) is 2. The van der Waals surface area contributed by atoms with Crippen LogP contribution in [0.15, 0.2) is 4.99 Å². The molecule has 0 aromatic heterocycles. The van der Waals surface area contributed by atoms with Gasteiger partial charge in [-0.05, 0) is 13.3 Å². The van der Waals surface area contributed by atoms with Crippen LogP contribution < -0.4 is 5.32 Å². The predicted molar refractivity (Wildman–Crippen MR) is 32.7 cm³/mol. The maximum Gasteiger partial charge on any atom is 0.0931 e. The molecule has 0 amide bonds. The molecule has 1 rings (SSSR count). The summed E-state index contributed by atoms with van der Waals surface area (Å²) in [6, 6.07) is 0. The van der Waals surface area contributed by atoms with Crippen LogP contribution in [0.4, 0.5) is 0 Å². The van der Waals surface area contributed by atoms with Crippen LogP contribution in [0.5, 0.6) is 0 Å². The van der Waals surface area contributed by atoms with Crippen LogP contribution in [0.1, 0.15) is 14.8 Å². The minimum atomic E-state index is 0. The number of rotatable bonds is 0. The van der Waals surface area contributed by atoms with E-state index < -0.39 is 0 Å². The lowest BCUT2D eigenvalue weighted by Gasteiger charge is -2.08. The van der Waals surface area contributed by atoms with Gasteiger partial charge in [-0.25, -0.2) is 0 Å². The molecule has 42 valence electrons. The zero-order chi connectivity index (χ0) is 5.11. The maximum atomic E-state index is 4.14. The van der Waals surface area contributed by atoms with E-state index in [1.165, 1.54) is 6.42 Å². The first-order valence-corrected chi connectivity index (χ1v) is 2.64. The molecule has 0 bridgehead atoms. The molecule has 0 saturated heterocycles. The lowest BCUT2D eigenvalue weighted by molar-refractivity contribution is 0.739. The number of hydrogen-bond donors (Lipinski definition) is 1. The molecule has 2 nitrogen and oxygen atoms in total. The molecule has 0 aliphatic carbocycles. The summed E-state index contributed by atoms with van der Waals surface area (Å²) in [6.45, 7) is 4.12. The molecule has 0 unspecified atom stereocenters. The fraction of sp³-hybridized carbons (Fsp3) is 0.800. The SMILES string of the molecule is CC1=NCCCN1.[HH]. The van der Waals surface area contributed by atoms with E-state index in [9.17, 15) is 0 Å². The van der Waals surface area contributed by atoms with Crippen molar-refractivity contribution in [2.75, 3.05) is 13.1 Å². The summed E-state index contributed by atoms with van der Waals surface area (Å²) in [6.07, 6.45) is 1.19. The number of aliphatic imine (C=N–C) groups is 1. The molecule has 1 aliphatic rings. The van der Waals surface area contributed by atoms with Crippen molar-refractivity contribution in [1.82, 2.24) is 5.32 Å². The Morgan fingerprint density at radius 2 is 2.71 bits per heavy atom. The third-order valence-electron chi connectivity index (χ3n) is 1.06. The van der Waals surface area contributed by atoms with Gasteiger partial charge in [-0.2, -0.15) is 0 Å². The van der Waals surface area contributed by atoms with Crippen molar-refractivity contribution >= 4 is 5.84 Å². The van der Waals surface area contributed by atoms with Gasteiger partial charge in [-0.1, -0.05) is 0 Å². The highest BCUT2D eigenvalue weighted by Gasteiger charge is 1.94. The minimum Gasteiger partial charge on any atom is -0.374 e. The van der Waals surface area contributed by atoms with Crippen LogP contribution in [0, 0.1) is 0 Å². The molecule has 1 N–H and O–H groups in total. The van der Waals surface area contributed by atoms with Crippen LogP contribution in [0.3, 0.4) is 0 Å². The molecule has 0 spiro atoms. The Morgan fingerprint density at radius 1 is 1.86 bits per heavy atom. The third-order valence-corrected chi connectivity index (χ3v) is 1.06. The van der Waals surface area contributed by atoms with Gasteiger partial charge >= 0.3 is 0 Å². The Morgan fingerprint density at radius 3 is 3.00 bits per heavy atom. The van der Waals surface area contributed by atoms with E-state index in [1.54, 1.807) is 0 Å². The molecule has 0 radical (unpaired) electrons. The first-order chi connectivity index (χ1) is 3.39. The highest BCUT2D eigenvalue weighted by atomic mass is 15.0. The molecule has 2 heteroatoms. The molecule has 1 aliphatic heterocycles. The molecule has 0 saturated carbocycles. The van der Waals surface area contributed by atoms with Crippen molar-refractivity contribution in [3.63, 3.8) is 0 Å². The Hall–Kier alpha value is -0.530. The molecular formula is C5H12N2. The van der Waals surface area contributed by atoms with Crippen LogP contribution in [0.2, 0.25) is 0 Å². The normalized spacial score (nSPS) is 20.4. The minimum absolute atomic E-state index is 0. The summed E-state index contributed by atoms with van der Waals surface area (Å²) < 4.78 is 0. The van der Waals surface area contributed by atoms with Gasteiger partial charge in [0.1, 0.15) is 0 Å². The maximum absolute atomic E-state index is 4.14. The van der Waals surface area contributed by atoms with Crippen molar-refractivity contribution in [2.45, 2.75) is 13.3 Å². The summed E-state index contributed by atoms with van der Waals surface area (Å²) >= 11 is 0. The second-order valence-electron chi connectivity index (χ2n) is 1.75. The van der Waals surface area contributed by atoms with E-state index in [1.807, 2.05) is 6.92 Å². The largest absolute Gasteiger partial charge is 0.374 e. The first kappa shape index (κ1) is 4.62. The second-order valence-corrected chi connectivity index (χ2v) is 1.75. The Kier molecular flexibility index (Phi) is 1.29. The zero-order valence-corrected chi connectivity index (χ0v) is 4.57. The van der Waals surface area contributed by atoms with Gasteiger partial charge in [-0.15, -0.1) is 0 Å². The molecule has 0 fully saturated rings. The average molecular weight is 100 g/mol. The van der Waals surface area contributed by atoms with Gasteiger partial charge in [0.15, 0.2) is 0 Å². The Bertz CT molecular complexity index is 90.4. The fourth-order valence-electron chi connectivity index (χ4n) is 0.651. The quantitative estimate of drug-likeness (QED) is 0.474. The van der Waals surface area contributed by atoms with Crippen molar-refractivity contribution in [1.29, 1.82) is 0 Å². The number of nitrogens with zero attached hydrogens (tertiary/aromatic N) is 1. The number of amidine groups is 1. The van der Waals surface area contributed by atoms with E-state index in [2.05, 4.69) is 10.3 Å². The average Bonchev–Trinajstić information content (AvgIpc) is 1.69. The molecule has 1 heterocycles. The zero-order valence-electron chi connectivity index (χ0n) is 4.57. The van der Waals surface area contributed by atoms with Crippen molar-refractivity contribution in [2.24, 2.45) is 4.99 Å². The molecule has 0 aromatic carbocycles. The second kappa shape index (κ2) is 1.96. The van der Waals surface area contributed by atoms with E-state index >= 15 is 0 Å². The highest BCUT2D eigenvalue weighted by Crippen LogP contribution is 1.86. The molecule has 0 aromatic rings. The van der Waals surface area contributed by atoms with E-state index in [0.717, 1.165) is 18.9 Å². The predicted octanol–water partition coefficient (Wildman–Crippen LogP) is 0.644. The van der Waals surface area contributed by atoms with Crippen LogP contribution in [0.25, 0.3) is 0 Å². The summed E-state index contributed by atoms with van der Waals surface area (Å²) in [5.74, 6) is 1.09. The third kappa shape index (κ3) is 1.18. The Balaban J connectivity index is 0.000000490. The molecule has 7 heavy (non-hydrogen) atoms. The van der Waals surface area contributed by atoms with E-state index in [4.69, 9.17) is 0 Å². The summed E-state index contributed by atoms with van der Waals surface area (Å²) in [5.41, 5.74) is 0. The summed E-state index contributed by atoms with van der Waals surface area (Å²) in [5, 5.41) is 3.13.